The van der Waals surface area contributed by atoms with Crippen molar-refractivity contribution in [2.24, 2.45) is 0 Å². The maximum atomic E-state index is 14.5. The number of carbonyl (C=O) groups excluding carboxylic acids is 1. The van der Waals surface area contributed by atoms with Crippen LogP contribution in [0.5, 0.6) is 11.6 Å². The Hall–Kier alpha value is -4.17. The number of rotatable bonds is 6. The van der Waals surface area contributed by atoms with E-state index in [0.717, 1.165) is 11.3 Å². The smallest absolute Gasteiger partial charge is 0.322 e. The van der Waals surface area contributed by atoms with Gasteiger partial charge in [-0.2, -0.15) is 4.98 Å². The lowest BCUT2D eigenvalue weighted by atomic mass is 10.1. The van der Waals surface area contributed by atoms with Gasteiger partial charge in [0.25, 0.3) is 0 Å². The van der Waals surface area contributed by atoms with Gasteiger partial charge in [-0.3, -0.25) is 0 Å². The molecule has 1 N–H and O–H groups in total. The number of anilines is 2. The van der Waals surface area contributed by atoms with Crippen LogP contribution in [0, 0.1) is 5.82 Å². The van der Waals surface area contributed by atoms with Crippen LogP contribution in [0.4, 0.5) is 20.8 Å². The SMILES string of the molecule is CN(Cc1ccccc1)c1nc2c(c(Oc3ccccc3F)n1)CN(C(=O)Nc1cccc(Cl)c1)CC2. The maximum Gasteiger partial charge on any atom is 0.322 e. The van der Waals surface area contributed by atoms with E-state index in [-0.39, 0.29) is 24.2 Å². The molecule has 0 aliphatic carbocycles. The molecule has 0 saturated heterocycles. The highest BCUT2D eigenvalue weighted by molar-refractivity contribution is 6.30. The Labute approximate surface area is 219 Å². The number of fused-ring (bicyclic) bond motifs is 1. The van der Waals surface area contributed by atoms with Crippen LogP contribution < -0.4 is 15.0 Å². The number of aromatic nitrogens is 2. The molecule has 1 aromatic heterocycles. The Kier molecular flexibility index (Phi) is 7.18. The van der Waals surface area contributed by atoms with Gasteiger partial charge in [0, 0.05) is 37.3 Å². The standard InChI is InChI=1S/C28H25ClFN5O2/c1-34(17-19-8-3-2-4-9-19)27-32-24-14-15-35(28(36)31-21-11-7-10-20(29)16-21)18-22(24)26(33-27)37-25-13-6-5-12-23(25)30/h2-13,16H,14-15,17-18H2,1H3,(H,31,36). The molecule has 1 aliphatic heterocycles. The fourth-order valence-corrected chi connectivity index (χ4v) is 4.32. The van der Waals surface area contributed by atoms with Crippen LogP contribution in [0.15, 0.2) is 78.9 Å². The molecule has 7 nitrogen and oxygen atoms in total. The van der Waals surface area contributed by atoms with E-state index < -0.39 is 5.82 Å². The van der Waals surface area contributed by atoms with Crippen LogP contribution in [0.2, 0.25) is 5.02 Å². The van der Waals surface area contributed by atoms with Crippen molar-refractivity contribution in [1.82, 2.24) is 14.9 Å². The first-order chi connectivity index (χ1) is 18.0. The van der Waals surface area contributed by atoms with Gasteiger partial charge in [-0.1, -0.05) is 60.1 Å². The van der Waals surface area contributed by atoms with E-state index >= 15 is 0 Å². The Morgan fingerprint density at radius 3 is 2.65 bits per heavy atom. The molecule has 0 unspecified atom stereocenters. The number of ether oxygens (including phenoxy) is 1. The summed E-state index contributed by atoms with van der Waals surface area (Å²) in [6.07, 6.45) is 0.501. The van der Waals surface area contributed by atoms with Crippen molar-refractivity contribution in [2.45, 2.75) is 19.5 Å². The molecule has 1 aliphatic rings. The highest BCUT2D eigenvalue weighted by Crippen LogP contribution is 2.32. The number of nitrogens with one attached hydrogen (secondary N) is 1. The highest BCUT2D eigenvalue weighted by atomic mass is 35.5. The molecule has 0 bridgehead atoms. The molecule has 5 rings (SSSR count). The first kappa shape index (κ1) is 24.5. The van der Waals surface area contributed by atoms with Gasteiger partial charge < -0.3 is 19.9 Å². The number of amides is 2. The Morgan fingerprint density at radius 2 is 1.86 bits per heavy atom. The number of hydrogen-bond donors (Lipinski definition) is 1. The van der Waals surface area contributed by atoms with Gasteiger partial charge in [-0.05, 0) is 35.9 Å². The quantitative estimate of drug-likeness (QED) is 0.325. The number of benzene rings is 3. The molecule has 188 valence electrons. The minimum absolute atomic E-state index is 0.0561. The maximum absolute atomic E-state index is 14.5. The zero-order chi connectivity index (χ0) is 25.8. The third kappa shape index (κ3) is 5.81. The fourth-order valence-electron chi connectivity index (χ4n) is 4.13. The average Bonchev–Trinajstić information content (AvgIpc) is 2.90. The molecule has 0 spiro atoms. The Bertz CT molecular complexity index is 1420. The second-order valence-electron chi connectivity index (χ2n) is 8.74. The van der Waals surface area contributed by atoms with Crippen LogP contribution in [0.25, 0.3) is 0 Å². The summed E-state index contributed by atoms with van der Waals surface area (Å²) in [6.45, 7) is 1.26. The number of urea groups is 1. The molecule has 9 heteroatoms. The van der Waals surface area contributed by atoms with Crippen molar-refractivity contribution in [3.8, 4) is 11.6 Å². The summed E-state index contributed by atoms with van der Waals surface area (Å²) in [5, 5.41) is 3.40. The summed E-state index contributed by atoms with van der Waals surface area (Å²) in [5.74, 6) is 0.247. The van der Waals surface area contributed by atoms with E-state index in [1.165, 1.54) is 6.07 Å². The molecular weight excluding hydrogens is 493 g/mol. The van der Waals surface area contributed by atoms with Crippen molar-refractivity contribution in [3.63, 3.8) is 0 Å². The zero-order valence-electron chi connectivity index (χ0n) is 20.2. The molecular formula is C28H25ClFN5O2. The predicted octanol–water partition coefficient (Wildman–Crippen LogP) is 6.29. The first-order valence-corrected chi connectivity index (χ1v) is 12.2. The summed E-state index contributed by atoms with van der Waals surface area (Å²) in [6, 6.07) is 22.8. The van der Waals surface area contributed by atoms with Crippen molar-refractivity contribution in [2.75, 3.05) is 23.8 Å². The summed E-state index contributed by atoms with van der Waals surface area (Å²) in [7, 11) is 1.90. The summed E-state index contributed by atoms with van der Waals surface area (Å²) >= 11 is 6.05. The van der Waals surface area contributed by atoms with Gasteiger partial charge in [-0.25, -0.2) is 14.2 Å². The number of para-hydroxylation sites is 1. The van der Waals surface area contributed by atoms with Crippen LogP contribution >= 0.6 is 11.6 Å². The van der Waals surface area contributed by atoms with E-state index in [0.29, 0.717) is 41.7 Å². The van der Waals surface area contributed by atoms with Gasteiger partial charge in [0.05, 0.1) is 17.8 Å². The van der Waals surface area contributed by atoms with Gasteiger partial charge in [-0.15, -0.1) is 0 Å². The third-order valence-corrected chi connectivity index (χ3v) is 6.26. The minimum atomic E-state index is -0.500. The lowest BCUT2D eigenvalue weighted by Crippen LogP contribution is -2.39. The zero-order valence-corrected chi connectivity index (χ0v) is 21.0. The van der Waals surface area contributed by atoms with Crippen LogP contribution in [0.3, 0.4) is 0 Å². The molecule has 3 aromatic carbocycles. The van der Waals surface area contributed by atoms with E-state index in [1.54, 1.807) is 47.4 Å². The molecule has 0 atom stereocenters. The Morgan fingerprint density at radius 1 is 1.08 bits per heavy atom. The van der Waals surface area contributed by atoms with E-state index in [9.17, 15) is 9.18 Å². The number of hydrogen-bond acceptors (Lipinski definition) is 5. The van der Waals surface area contributed by atoms with Crippen molar-refractivity contribution < 1.29 is 13.9 Å². The van der Waals surface area contributed by atoms with Gasteiger partial charge in [0.1, 0.15) is 0 Å². The largest absolute Gasteiger partial charge is 0.435 e. The minimum Gasteiger partial charge on any atom is -0.435 e. The van der Waals surface area contributed by atoms with Gasteiger partial charge in [0.2, 0.25) is 11.8 Å². The number of halogens is 2. The summed E-state index contributed by atoms with van der Waals surface area (Å²) in [4.78, 5) is 26.0. The second-order valence-corrected chi connectivity index (χ2v) is 9.18. The monoisotopic (exact) mass is 517 g/mol. The number of carbonyl (C=O) groups is 1. The van der Waals surface area contributed by atoms with Crippen molar-refractivity contribution in [3.05, 3.63) is 107 Å². The molecule has 0 fully saturated rings. The lowest BCUT2D eigenvalue weighted by molar-refractivity contribution is 0.205. The van der Waals surface area contributed by atoms with Gasteiger partial charge in [0.15, 0.2) is 11.6 Å². The van der Waals surface area contributed by atoms with Gasteiger partial charge >= 0.3 is 6.03 Å². The highest BCUT2D eigenvalue weighted by Gasteiger charge is 2.28. The average molecular weight is 518 g/mol. The van der Waals surface area contributed by atoms with Crippen molar-refractivity contribution >= 4 is 29.3 Å². The lowest BCUT2D eigenvalue weighted by Gasteiger charge is -2.30. The fraction of sp³-hybridized carbons (Fsp3) is 0.179. The van der Waals surface area contributed by atoms with Crippen LogP contribution in [0.1, 0.15) is 16.8 Å². The molecule has 0 radical (unpaired) electrons. The Balaban J connectivity index is 1.44. The molecule has 2 amide bonds. The van der Waals surface area contributed by atoms with E-state index in [2.05, 4.69) is 10.3 Å². The molecule has 0 saturated carbocycles. The van der Waals surface area contributed by atoms with Crippen LogP contribution in [-0.4, -0.2) is 34.5 Å². The molecule has 37 heavy (non-hydrogen) atoms. The first-order valence-electron chi connectivity index (χ1n) is 11.8. The predicted molar refractivity (Wildman–Crippen MR) is 142 cm³/mol. The molecule has 2 heterocycles. The van der Waals surface area contributed by atoms with Crippen molar-refractivity contribution in [1.29, 1.82) is 0 Å². The molecule has 4 aromatic rings. The van der Waals surface area contributed by atoms with E-state index in [1.807, 2.05) is 42.3 Å². The van der Waals surface area contributed by atoms with Crippen LogP contribution in [-0.2, 0) is 19.5 Å². The summed E-state index contributed by atoms with van der Waals surface area (Å²) < 4.78 is 20.5. The second kappa shape index (κ2) is 10.8. The summed E-state index contributed by atoms with van der Waals surface area (Å²) in [5.41, 5.74) is 3.11. The normalized spacial score (nSPS) is 12.6. The third-order valence-electron chi connectivity index (χ3n) is 6.02. The number of nitrogens with zero attached hydrogens (tertiary/aromatic N) is 4. The van der Waals surface area contributed by atoms with E-state index in [4.69, 9.17) is 21.3 Å². The topological polar surface area (TPSA) is 70.6 Å².